The van der Waals surface area contributed by atoms with Gasteiger partial charge < -0.3 is 15.0 Å². The molecule has 2 rings (SSSR count). The molecular weight excluding hydrogens is 359 g/mol. The van der Waals surface area contributed by atoms with Crippen molar-refractivity contribution in [2.24, 2.45) is 0 Å². The van der Waals surface area contributed by atoms with Crippen LogP contribution in [0, 0.1) is 0 Å². The first kappa shape index (κ1) is 19.6. The molecule has 0 spiro atoms. The van der Waals surface area contributed by atoms with Crippen molar-refractivity contribution in [1.29, 1.82) is 0 Å². The van der Waals surface area contributed by atoms with Crippen molar-refractivity contribution in [2.75, 3.05) is 31.6 Å². The Balaban J connectivity index is 2.07. The van der Waals surface area contributed by atoms with E-state index in [9.17, 15) is 4.79 Å². The number of carbonyl (C=O) groups excluding carboxylic acids is 1. The fourth-order valence-corrected chi connectivity index (χ4v) is 2.78. The molecule has 25 heavy (non-hydrogen) atoms. The van der Waals surface area contributed by atoms with Crippen LogP contribution in [0.4, 0.5) is 5.69 Å². The second-order valence-corrected chi connectivity index (χ2v) is 6.21. The molecule has 0 saturated heterocycles. The number of hydrogen-bond donors (Lipinski definition) is 1. The van der Waals surface area contributed by atoms with Crippen molar-refractivity contribution >= 4 is 34.8 Å². The minimum absolute atomic E-state index is 0.238. The fourth-order valence-electron chi connectivity index (χ4n) is 2.39. The van der Waals surface area contributed by atoms with Crippen molar-refractivity contribution in [3.63, 3.8) is 0 Å². The van der Waals surface area contributed by atoms with Gasteiger partial charge in [0.1, 0.15) is 12.4 Å². The van der Waals surface area contributed by atoms with Gasteiger partial charge in [0.2, 0.25) is 0 Å². The number of nitrogens with zero attached hydrogens (tertiary/aromatic N) is 1. The van der Waals surface area contributed by atoms with Gasteiger partial charge in [-0.05, 0) is 37.4 Å². The highest BCUT2D eigenvalue weighted by Crippen LogP contribution is 2.28. The van der Waals surface area contributed by atoms with Gasteiger partial charge in [-0.3, -0.25) is 4.79 Å². The Morgan fingerprint density at radius 3 is 2.52 bits per heavy atom. The highest BCUT2D eigenvalue weighted by molar-refractivity contribution is 6.44. The highest BCUT2D eigenvalue weighted by Gasteiger charge is 2.14. The molecule has 0 atom stereocenters. The lowest BCUT2D eigenvalue weighted by molar-refractivity contribution is 0.102. The van der Waals surface area contributed by atoms with Gasteiger partial charge in [-0.1, -0.05) is 55.2 Å². The predicted octanol–water partition coefficient (Wildman–Crippen LogP) is 4.97. The summed E-state index contributed by atoms with van der Waals surface area (Å²) in [6.45, 7) is 7.57. The number of nitrogens with one attached hydrogen (secondary N) is 1. The normalized spacial score (nSPS) is 10.8. The largest absolute Gasteiger partial charge is 0.490 e. The minimum Gasteiger partial charge on any atom is -0.490 e. The Labute approximate surface area is 158 Å². The maximum absolute atomic E-state index is 12.5. The summed E-state index contributed by atoms with van der Waals surface area (Å²) in [5.41, 5.74) is 0.926. The van der Waals surface area contributed by atoms with Crippen molar-refractivity contribution in [1.82, 2.24) is 4.90 Å². The maximum Gasteiger partial charge on any atom is 0.257 e. The molecule has 0 bridgehead atoms. The van der Waals surface area contributed by atoms with E-state index in [1.807, 2.05) is 18.2 Å². The van der Waals surface area contributed by atoms with Gasteiger partial charge in [0, 0.05) is 6.54 Å². The Hall–Kier alpha value is -1.75. The van der Waals surface area contributed by atoms with Gasteiger partial charge in [-0.2, -0.15) is 0 Å². The molecular formula is C19H22Cl2N2O2. The van der Waals surface area contributed by atoms with Gasteiger partial charge in [-0.25, -0.2) is 0 Å². The van der Waals surface area contributed by atoms with E-state index in [0.29, 0.717) is 28.6 Å². The van der Waals surface area contributed by atoms with E-state index in [-0.39, 0.29) is 10.9 Å². The fraction of sp³-hybridized carbons (Fsp3) is 0.316. The van der Waals surface area contributed by atoms with Crippen LogP contribution in [0.15, 0.2) is 42.5 Å². The molecule has 4 nitrogen and oxygen atoms in total. The summed E-state index contributed by atoms with van der Waals surface area (Å²) in [7, 11) is 0. The SMILES string of the molecule is CCN(CC)CCOc1ccccc1NC(=O)c1cccc(Cl)c1Cl. The third-order valence-corrected chi connectivity index (χ3v) is 4.71. The number of carbonyl (C=O) groups is 1. The molecule has 0 aliphatic rings. The number of anilines is 1. The van der Waals surface area contributed by atoms with Crippen molar-refractivity contribution in [3.8, 4) is 5.75 Å². The number of halogens is 2. The Bertz CT molecular complexity index is 718. The Morgan fingerprint density at radius 2 is 1.80 bits per heavy atom. The summed E-state index contributed by atoms with van der Waals surface area (Å²) in [6, 6.07) is 12.3. The highest BCUT2D eigenvalue weighted by atomic mass is 35.5. The quantitative estimate of drug-likeness (QED) is 0.702. The van der Waals surface area contributed by atoms with Crippen LogP contribution < -0.4 is 10.1 Å². The number of rotatable bonds is 8. The van der Waals surface area contributed by atoms with Crippen molar-refractivity contribution in [2.45, 2.75) is 13.8 Å². The molecule has 0 heterocycles. The van der Waals surface area contributed by atoms with Gasteiger partial charge in [0.05, 0.1) is 21.3 Å². The van der Waals surface area contributed by atoms with Crippen LogP contribution in [-0.4, -0.2) is 37.0 Å². The molecule has 0 unspecified atom stereocenters. The number of hydrogen-bond acceptors (Lipinski definition) is 3. The van der Waals surface area contributed by atoms with Crippen LogP contribution in [0.3, 0.4) is 0 Å². The molecule has 0 radical (unpaired) electrons. The second kappa shape index (κ2) is 9.66. The summed E-state index contributed by atoms with van der Waals surface area (Å²) in [5.74, 6) is 0.299. The molecule has 0 aliphatic heterocycles. The molecule has 2 aromatic carbocycles. The van der Waals surface area contributed by atoms with E-state index in [0.717, 1.165) is 19.6 Å². The number of ether oxygens (including phenoxy) is 1. The molecule has 1 N–H and O–H groups in total. The van der Waals surface area contributed by atoms with E-state index in [2.05, 4.69) is 24.1 Å². The van der Waals surface area contributed by atoms with Crippen LogP contribution in [0.1, 0.15) is 24.2 Å². The van der Waals surface area contributed by atoms with Crippen molar-refractivity contribution < 1.29 is 9.53 Å². The Morgan fingerprint density at radius 1 is 1.08 bits per heavy atom. The monoisotopic (exact) mass is 380 g/mol. The Kier molecular flexibility index (Phi) is 7.56. The third kappa shape index (κ3) is 5.36. The van der Waals surface area contributed by atoms with Crippen LogP contribution in [0.2, 0.25) is 10.0 Å². The van der Waals surface area contributed by atoms with Gasteiger partial charge in [0.15, 0.2) is 0 Å². The number of para-hydroxylation sites is 2. The molecule has 0 aliphatic carbocycles. The molecule has 1 amide bonds. The van der Waals surface area contributed by atoms with Crippen LogP contribution in [-0.2, 0) is 0 Å². The number of benzene rings is 2. The van der Waals surface area contributed by atoms with E-state index in [1.165, 1.54) is 0 Å². The summed E-state index contributed by atoms with van der Waals surface area (Å²) in [4.78, 5) is 14.8. The van der Waals surface area contributed by atoms with E-state index < -0.39 is 0 Å². The van der Waals surface area contributed by atoms with Crippen molar-refractivity contribution in [3.05, 3.63) is 58.1 Å². The summed E-state index contributed by atoms with van der Waals surface area (Å²) < 4.78 is 5.85. The molecule has 0 aromatic heterocycles. The van der Waals surface area contributed by atoms with Crippen LogP contribution >= 0.6 is 23.2 Å². The van der Waals surface area contributed by atoms with E-state index in [4.69, 9.17) is 27.9 Å². The maximum atomic E-state index is 12.5. The minimum atomic E-state index is -0.327. The first-order valence-corrected chi connectivity index (χ1v) is 9.02. The zero-order valence-corrected chi connectivity index (χ0v) is 15.9. The van der Waals surface area contributed by atoms with Crippen LogP contribution in [0.25, 0.3) is 0 Å². The first-order chi connectivity index (χ1) is 12.1. The molecule has 2 aromatic rings. The van der Waals surface area contributed by atoms with E-state index >= 15 is 0 Å². The van der Waals surface area contributed by atoms with Gasteiger partial charge >= 0.3 is 0 Å². The average Bonchev–Trinajstić information content (AvgIpc) is 2.62. The van der Waals surface area contributed by atoms with Gasteiger partial charge in [-0.15, -0.1) is 0 Å². The smallest absolute Gasteiger partial charge is 0.257 e. The third-order valence-electron chi connectivity index (χ3n) is 3.89. The molecule has 6 heteroatoms. The number of amides is 1. The first-order valence-electron chi connectivity index (χ1n) is 8.26. The lowest BCUT2D eigenvalue weighted by atomic mass is 10.2. The lowest BCUT2D eigenvalue weighted by Gasteiger charge is -2.19. The zero-order chi connectivity index (χ0) is 18.2. The molecule has 0 saturated carbocycles. The standard InChI is InChI=1S/C19H22Cl2N2O2/c1-3-23(4-2)12-13-25-17-11-6-5-10-16(17)22-19(24)14-8-7-9-15(20)18(14)21/h5-11H,3-4,12-13H2,1-2H3,(H,22,24). The topological polar surface area (TPSA) is 41.6 Å². The zero-order valence-electron chi connectivity index (χ0n) is 14.4. The number of likely N-dealkylation sites (N-methyl/N-ethyl adjacent to an activating group) is 1. The summed E-state index contributed by atoms with van der Waals surface area (Å²) in [6.07, 6.45) is 0. The predicted molar refractivity (Wildman–Crippen MR) is 104 cm³/mol. The van der Waals surface area contributed by atoms with Crippen LogP contribution in [0.5, 0.6) is 5.75 Å². The summed E-state index contributed by atoms with van der Waals surface area (Å²) >= 11 is 12.1. The second-order valence-electron chi connectivity index (χ2n) is 5.43. The van der Waals surface area contributed by atoms with E-state index in [1.54, 1.807) is 24.3 Å². The van der Waals surface area contributed by atoms with Gasteiger partial charge in [0.25, 0.3) is 5.91 Å². The lowest BCUT2D eigenvalue weighted by Crippen LogP contribution is -2.28. The molecule has 134 valence electrons. The summed E-state index contributed by atoms with van der Waals surface area (Å²) in [5, 5.41) is 3.42. The average molecular weight is 381 g/mol. The molecule has 0 fully saturated rings.